The van der Waals surface area contributed by atoms with Gasteiger partial charge in [0.2, 0.25) is 0 Å². The first-order valence-electron chi connectivity index (χ1n) is 9.63. The molecule has 146 valence electrons. The van der Waals surface area contributed by atoms with Gasteiger partial charge in [-0.1, -0.05) is 6.07 Å². The van der Waals surface area contributed by atoms with Crippen LogP contribution >= 0.6 is 0 Å². The molecule has 1 aliphatic heterocycles. The Bertz CT molecular complexity index is 1040. The van der Waals surface area contributed by atoms with Crippen LogP contribution < -0.4 is 9.64 Å². The van der Waals surface area contributed by atoms with Gasteiger partial charge in [-0.3, -0.25) is 0 Å². The molecule has 6 heteroatoms. The van der Waals surface area contributed by atoms with Gasteiger partial charge in [-0.25, -0.2) is 14.4 Å². The normalized spacial score (nSPS) is 14.4. The molecule has 1 fully saturated rings. The van der Waals surface area contributed by atoms with Crippen LogP contribution in [0.3, 0.4) is 0 Å². The van der Waals surface area contributed by atoms with Crippen molar-refractivity contribution in [1.82, 2.24) is 9.97 Å². The van der Waals surface area contributed by atoms with Crippen LogP contribution in [0.15, 0.2) is 54.9 Å². The van der Waals surface area contributed by atoms with Gasteiger partial charge in [0.15, 0.2) is 0 Å². The number of nitrogens with zero attached hydrogens (tertiary/aromatic N) is 4. The monoisotopic (exact) mass is 388 g/mol. The number of benzene rings is 2. The van der Waals surface area contributed by atoms with Crippen LogP contribution in [0.4, 0.5) is 10.2 Å². The van der Waals surface area contributed by atoms with Gasteiger partial charge in [-0.15, -0.1) is 0 Å². The Labute approximate surface area is 169 Å². The molecular formula is C23H21FN4O. The van der Waals surface area contributed by atoms with Crippen molar-refractivity contribution in [2.45, 2.75) is 25.9 Å². The Balaban J connectivity index is 1.45. The zero-order valence-corrected chi connectivity index (χ0v) is 16.2. The quantitative estimate of drug-likeness (QED) is 0.658. The fourth-order valence-electron chi connectivity index (χ4n) is 3.68. The summed E-state index contributed by atoms with van der Waals surface area (Å²) in [6.07, 6.45) is 3.41. The van der Waals surface area contributed by atoms with Crippen molar-refractivity contribution >= 4 is 5.82 Å². The number of ether oxygens (including phenoxy) is 1. The van der Waals surface area contributed by atoms with Gasteiger partial charge in [-0.05, 0) is 49.4 Å². The highest BCUT2D eigenvalue weighted by molar-refractivity contribution is 5.68. The lowest BCUT2D eigenvalue weighted by molar-refractivity contribution is 0.170. The van der Waals surface area contributed by atoms with E-state index < -0.39 is 0 Å². The molecule has 0 N–H and O–H groups in total. The van der Waals surface area contributed by atoms with Crippen LogP contribution in [-0.2, 0) is 0 Å². The lowest BCUT2D eigenvalue weighted by Crippen LogP contribution is -2.39. The predicted octanol–water partition coefficient (Wildman–Crippen LogP) is 4.51. The first-order valence-corrected chi connectivity index (χ1v) is 9.63. The molecule has 1 aliphatic rings. The molecule has 4 rings (SSSR count). The van der Waals surface area contributed by atoms with E-state index in [4.69, 9.17) is 10.00 Å². The van der Waals surface area contributed by atoms with Crippen molar-refractivity contribution in [2.24, 2.45) is 0 Å². The minimum Gasteiger partial charge on any atom is -0.490 e. The lowest BCUT2D eigenvalue weighted by atomic mass is 10.0. The summed E-state index contributed by atoms with van der Waals surface area (Å²) in [4.78, 5) is 11.2. The van der Waals surface area contributed by atoms with Crippen molar-refractivity contribution in [3.8, 4) is 23.1 Å². The summed E-state index contributed by atoms with van der Waals surface area (Å²) in [7, 11) is 0. The van der Waals surface area contributed by atoms with Crippen molar-refractivity contribution in [3.05, 3.63) is 71.8 Å². The number of hydrogen-bond donors (Lipinski definition) is 0. The smallest absolute Gasteiger partial charge is 0.135 e. The van der Waals surface area contributed by atoms with Gasteiger partial charge in [-0.2, -0.15) is 5.26 Å². The molecule has 0 atom stereocenters. The molecule has 0 bridgehead atoms. The highest BCUT2D eigenvalue weighted by atomic mass is 19.1. The second-order valence-corrected chi connectivity index (χ2v) is 7.12. The summed E-state index contributed by atoms with van der Waals surface area (Å²) in [6.45, 7) is 3.65. The third kappa shape index (κ3) is 4.19. The summed E-state index contributed by atoms with van der Waals surface area (Å²) in [5, 5.41) is 9.03. The van der Waals surface area contributed by atoms with Crippen molar-refractivity contribution < 1.29 is 9.13 Å². The zero-order chi connectivity index (χ0) is 20.2. The molecule has 0 unspecified atom stereocenters. The summed E-state index contributed by atoms with van der Waals surface area (Å²) in [6, 6.07) is 15.8. The number of rotatable bonds is 4. The second kappa shape index (κ2) is 8.27. The zero-order valence-electron chi connectivity index (χ0n) is 16.2. The second-order valence-electron chi connectivity index (χ2n) is 7.12. The molecule has 3 aromatic rings. The minimum absolute atomic E-state index is 0.110. The molecular weight excluding hydrogens is 367 g/mol. The first-order chi connectivity index (χ1) is 14.1. The number of aromatic nitrogens is 2. The number of hydrogen-bond acceptors (Lipinski definition) is 5. The minimum atomic E-state index is -0.261. The van der Waals surface area contributed by atoms with E-state index in [1.807, 2.05) is 19.1 Å². The Morgan fingerprint density at radius 2 is 1.86 bits per heavy atom. The SMILES string of the molecule is Cc1c(-c2ccc(F)cc2)ncnc1N1CCC(Oc2cccc(C#N)c2)CC1. The maximum Gasteiger partial charge on any atom is 0.135 e. The van der Waals surface area contributed by atoms with Crippen molar-refractivity contribution in [1.29, 1.82) is 5.26 Å². The van der Waals surface area contributed by atoms with Crippen molar-refractivity contribution in [3.63, 3.8) is 0 Å². The van der Waals surface area contributed by atoms with Gasteiger partial charge in [0, 0.05) is 37.1 Å². The van der Waals surface area contributed by atoms with Crippen LogP contribution in [0, 0.1) is 24.1 Å². The molecule has 0 saturated carbocycles. The summed E-state index contributed by atoms with van der Waals surface area (Å²) < 4.78 is 19.3. The number of anilines is 1. The van der Waals surface area contributed by atoms with Gasteiger partial charge < -0.3 is 9.64 Å². The van der Waals surface area contributed by atoms with E-state index >= 15 is 0 Å². The number of halogens is 1. The van der Waals surface area contributed by atoms with E-state index in [1.165, 1.54) is 12.1 Å². The van der Waals surface area contributed by atoms with Gasteiger partial charge in [0.1, 0.15) is 29.8 Å². The molecule has 2 aromatic carbocycles. The Hall–Kier alpha value is -3.46. The lowest BCUT2D eigenvalue weighted by Gasteiger charge is -2.34. The van der Waals surface area contributed by atoms with Crippen LogP contribution in [-0.4, -0.2) is 29.2 Å². The Morgan fingerprint density at radius 3 is 2.59 bits per heavy atom. The topological polar surface area (TPSA) is 62.0 Å². The highest BCUT2D eigenvalue weighted by Crippen LogP contribution is 2.29. The van der Waals surface area contributed by atoms with E-state index in [0.29, 0.717) is 5.56 Å². The third-order valence-electron chi connectivity index (χ3n) is 5.18. The molecule has 0 aliphatic carbocycles. The van der Waals surface area contributed by atoms with E-state index in [2.05, 4.69) is 20.9 Å². The molecule has 5 nitrogen and oxygen atoms in total. The number of nitriles is 1. The predicted molar refractivity (Wildman–Crippen MR) is 109 cm³/mol. The molecule has 29 heavy (non-hydrogen) atoms. The summed E-state index contributed by atoms with van der Waals surface area (Å²) in [5.74, 6) is 1.38. The third-order valence-corrected chi connectivity index (χ3v) is 5.18. The van der Waals surface area contributed by atoms with E-state index in [9.17, 15) is 4.39 Å². The van der Waals surface area contributed by atoms with E-state index in [-0.39, 0.29) is 11.9 Å². The summed E-state index contributed by atoms with van der Waals surface area (Å²) >= 11 is 0. The average Bonchev–Trinajstić information content (AvgIpc) is 2.75. The van der Waals surface area contributed by atoms with Gasteiger partial charge in [0.25, 0.3) is 0 Å². The number of piperidine rings is 1. The molecule has 1 saturated heterocycles. The van der Waals surface area contributed by atoms with E-state index in [0.717, 1.165) is 54.3 Å². The molecule has 1 aromatic heterocycles. The molecule has 0 spiro atoms. The van der Waals surface area contributed by atoms with Gasteiger partial charge in [0.05, 0.1) is 17.3 Å². The van der Waals surface area contributed by atoms with Crippen LogP contribution in [0.25, 0.3) is 11.3 Å². The maximum atomic E-state index is 13.2. The van der Waals surface area contributed by atoms with Gasteiger partial charge >= 0.3 is 0 Å². The van der Waals surface area contributed by atoms with Crippen LogP contribution in [0.2, 0.25) is 0 Å². The Kier molecular flexibility index (Phi) is 5.39. The van der Waals surface area contributed by atoms with Crippen LogP contribution in [0.1, 0.15) is 24.0 Å². The molecule has 0 radical (unpaired) electrons. The standard InChI is InChI=1S/C23H21FN4O/c1-16-22(18-5-7-19(24)8-6-18)26-15-27-23(16)28-11-9-20(10-12-28)29-21-4-2-3-17(13-21)14-25/h2-8,13,15,20H,9-12H2,1H3. The van der Waals surface area contributed by atoms with Crippen LogP contribution in [0.5, 0.6) is 5.75 Å². The molecule has 0 amide bonds. The summed E-state index contributed by atoms with van der Waals surface area (Å²) in [5.41, 5.74) is 3.29. The molecule has 2 heterocycles. The maximum absolute atomic E-state index is 13.2. The highest BCUT2D eigenvalue weighted by Gasteiger charge is 2.23. The fraction of sp³-hybridized carbons (Fsp3) is 0.261. The first kappa shape index (κ1) is 18.9. The Morgan fingerprint density at radius 1 is 1.10 bits per heavy atom. The van der Waals surface area contributed by atoms with Crippen molar-refractivity contribution in [2.75, 3.05) is 18.0 Å². The fourth-order valence-corrected chi connectivity index (χ4v) is 3.68. The average molecular weight is 388 g/mol. The van der Waals surface area contributed by atoms with E-state index in [1.54, 1.807) is 30.6 Å². The largest absolute Gasteiger partial charge is 0.490 e.